The van der Waals surface area contributed by atoms with Crippen molar-refractivity contribution in [2.24, 2.45) is 0 Å². The zero-order chi connectivity index (χ0) is 12.5. The summed E-state index contributed by atoms with van der Waals surface area (Å²) < 4.78 is 0. The maximum Gasteiger partial charge on any atom is 0.0988 e. The molecule has 1 heterocycles. The summed E-state index contributed by atoms with van der Waals surface area (Å²) in [7, 11) is 2.19. The molecule has 18 heavy (non-hydrogen) atoms. The van der Waals surface area contributed by atoms with Crippen LogP contribution in [0.3, 0.4) is 0 Å². The van der Waals surface area contributed by atoms with E-state index in [9.17, 15) is 0 Å². The Morgan fingerprint density at radius 1 is 1.17 bits per heavy atom. The number of nitrogens with zero attached hydrogens (tertiary/aromatic N) is 1. The van der Waals surface area contributed by atoms with Crippen LogP contribution in [0.5, 0.6) is 0 Å². The van der Waals surface area contributed by atoms with E-state index >= 15 is 0 Å². The van der Waals surface area contributed by atoms with Gasteiger partial charge in [0.2, 0.25) is 0 Å². The summed E-state index contributed by atoms with van der Waals surface area (Å²) in [6.07, 6.45) is 4.19. The van der Waals surface area contributed by atoms with Crippen LogP contribution in [0.2, 0.25) is 0 Å². The molecule has 0 aliphatic carbocycles. The van der Waals surface area contributed by atoms with Crippen LogP contribution >= 0.6 is 0 Å². The maximum atomic E-state index is 3.64. The quantitative estimate of drug-likeness (QED) is 0.864. The Morgan fingerprint density at radius 2 is 1.89 bits per heavy atom. The predicted molar refractivity (Wildman–Crippen MR) is 79.3 cm³/mol. The van der Waals surface area contributed by atoms with Gasteiger partial charge in [-0.2, -0.15) is 0 Å². The minimum Gasteiger partial charge on any atom is -0.363 e. The smallest absolute Gasteiger partial charge is 0.0988 e. The molecule has 0 spiro atoms. The predicted octanol–water partition coefficient (Wildman–Crippen LogP) is 4.22. The minimum atomic E-state index is 0.455. The van der Waals surface area contributed by atoms with E-state index in [-0.39, 0.29) is 0 Å². The zero-order valence-corrected chi connectivity index (χ0v) is 11.1. The summed E-state index contributed by atoms with van der Waals surface area (Å²) in [6.45, 7) is 2.25. The average molecular weight is 240 g/mol. The molecule has 2 aromatic rings. The number of anilines is 2. The molecule has 0 bridgehead atoms. The molecular weight excluding hydrogens is 220 g/mol. The highest BCUT2D eigenvalue weighted by atomic mass is 15.3. The fraction of sp³-hybridized carbons (Fsp3) is 0.375. The molecule has 1 unspecified atom stereocenters. The van der Waals surface area contributed by atoms with Crippen LogP contribution in [-0.2, 0) is 0 Å². The molecule has 1 atom stereocenters. The second-order valence-electron chi connectivity index (χ2n) is 5.13. The van der Waals surface area contributed by atoms with Crippen LogP contribution in [0.15, 0.2) is 36.4 Å². The van der Waals surface area contributed by atoms with Gasteiger partial charge in [0.05, 0.1) is 17.5 Å². The molecule has 0 saturated heterocycles. The van der Waals surface area contributed by atoms with Gasteiger partial charge in [-0.3, -0.25) is 0 Å². The Balaban J connectivity index is 1.96. The Labute approximate surface area is 109 Å². The number of hydrogen-bond acceptors (Lipinski definition) is 2. The van der Waals surface area contributed by atoms with Crippen molar-refractivity contribution >= 4 is 22.1 Å². The molecule has 1 aliphatic heterocycles. The first-order valence-corrected chi connectivity index (χ1v) is 6.82. The summed E-state index contributed by atoms with van der Waals surface area (Å²) in [5, 5.41) is 6.27. The SMILES string of the molecule is CCCCC1Nc2cc3ccccc3cc2N1C. The topological polar surface area (TPSA) is 15.3 Å². The Morgan fingerprint density at radius 3 is 2.61 bits per heavy atom. The van der Waals surface area contributed by atoms with Crippen molar-refractivity contribution in [3.05, 3.63) is 36.4 Å². The third-order valence-electron chi connectivity index (χ3n) is 3.86. The van der Waals surface area contributed by atoms with E-state index < -0.39 is 0 Å². The molecule has 2 aromatic carbocycles. The molecule has 0 radical (unpaired) electrons. The second kappa shape index (κ2) is 4.52. The zero-order valence-electron chi connectivity index (χ0n) is 11.1. The summed E-state index contributed by atoms with van der Waals surface area (Å²) in [4.78, 5) is 2.37. The number of rotatable bonds is 3. The van der Waals surface area contributed by atoms with Gasteiger partial charge in [-0.25, -0.2) is 0 Å². The molecule has 0 aromatic heterocycles. The highest BCUT2D eigenvalue weighted by Crippen LogP contribution is 2.37. The number of hydrogen-bond donors (Lipinski definition) is 1. The third-order valence-corrected chi connectivity index (χ3v) is 3.86. The third kappa shape index (κ3) is 1.82. The normalized spacial score (nSPS) is 17.9. The van der Waals surface area contributed by atoms with Gasteiger partial charge in [-0.15, -0.1) is 0 Å². The van der Waals surface area contributed by atoms with Crippen molar-refractivity contribution in [3.8, 4) is 0 Å². The van der Waals surface area contributed by atoms with Gasteiger partial charge in [-0.05, 0) is 35.7 Å². The molecule has 2 heteroatoms. The van der Waals surface area contributed by atoms with Crippen molar-refractivity contribution in [1.29, 1.82) is 0 Å². The lowest BCUT2D eigenvalue weighted by atomic mass is 10.1. The Hall–Kier alpha value is -1.70. The van der Waals surface area contributed by atoms with Gasteiger partial charge in [0.25, 0.3) is 0 Å². The Kier molecular flexibility index (Phi) is 2.86. The molecule has 0 saturated carbocycles. The van der Waals surface area contributed by atoms with E-state index in [2.05, 4.69) is 60.6 Å². The van der Waals surface area contributed by atoms with Gasteiger partial charge in [0.15, 0.2) is 0 Å². The molecule has 0 fully saturated rings. The number of nitrogens with one attached hydrogen (secondary N) is 1. The lowest BCUT2D eigenvalue weighted by molar-refractivity contribution is 0.614. The lowest BCUT2D eigenvalue weighted by Gasteiger charge is -2.21. The standard InChI is InChI=1S/C16H20N2/c1-3-4-9-16-17-14-10-12-7-5-6-8-13(12)11-15(14)18(16)2/h5-8,10-11,16-17H,3-4,9H2,1-2H3. The fourth-order valence-electron chi connectivity index (χ4n) is 2.74. The van der Waals surface area contributed by atoms with E-state index in [0.717, 1.165) is 0 Å². The van der Waals surface area contributed by atoms with Gasteiger partial charge in [-0.1, -0.05) is 37.6 Å². The first-order valence-electron chi connectivity index (χ1n) is 6.82. The molecule has 1 N–H and O–H groups in total. The highest BCUT2D eigenvalue weighted by molar-refractivity contribution is 5.94. The van der Waals surface area contributed by atoms with Crippen LogP contribution in [0.25, 0.3) is 10.8 Å². The summed E-state index contributed by atoms with van der Waals surface area (Å²) in [5.74, 6) is 0. The number of fused-ring (bicyclic) bond motifs is 2. The van der Waals surface area contributed by atoms with Crippen LogP contribution in [0.1, 0.15) is 26.2 Å². The molecule has 1 aliphatic rings. The van der Waals surface area contributed by atoms with Crippen molar-refractivity contribution < 1.29 is 0 Å². The number of benzene rings is 2. The van der Waals surface area contributed by atoms with Crippen molar-refractivity contribution in [2.45, 2.75) is 32.4 Å². The van der Waals surface area contributed by atoms with E-state index in [1.54, 1.807) is 0 Å². The van der Waals surface area contributed by atoms with Crippen LogP contribution < -0.4 is 10.2 Å². The monoisotopic (exact) mass is 240 g/mol. The molecule has 94 valence electrons. The fourth-order valence-corrected chi connectivity index (χ4v) is 2.74. The summed E-state index contributed by atoms with van der Waals surface area (Å²) in [6, 6.07) is 13.1. The first kappa shape index (κ1) is 11.4. The summed E-state index contributed by atoms with van der Waals surface area (Å²) in [5.41, 5.74) is 2.60. The van der Waals surface area contributed by atoms with E-state index in [1.807, 2.05) is 0 Å². The van der Waals surface area contributed by atoms with Crippen LogP contribution in [0, 0.1) is 0 Å². The van der Waals surface area contributed by atoms with Gasteiger partial charge in [0, 0.05) is 7.05 Å². The van der Waals surface area contributed by atoms with Gasteiger partial charge < -0.3 is 10.2 Å². The van der Waals surface area contributed by atoms with Gasteiger partial charge in [0.1, 0.15) is 0 Å². The van der Waals surface area contributed by atoms with E-state index in [0.29, 0.717) is 6.17 Å². The van der Waals surface area contributed by atoms with Gasteiger partial charge >= 0.3 is 0 Å². The van der Waals surface area contributed by atoms with E-state index in [4.69, 9.17) is 0 Å². The molecule has 0 amide bonds. The van der Waals surface area contributed by atoms with E-state index in [1.165, 1.54) is 41.4 Å². The number of unbranched alkanes of at least 4 members (excludes halogenated alkanes) is 1. The minimum absolute atomic E-state index is 0.455. The highest BCUT2D eigenvalue weighted by Gasteiger charge is 2.25. The largest absolute Gasteiger partial charge is 0.363 e. The Bertz CT molecular complexity index is 562. The molecular formula is C16H20N2. The first-order chi connectivity index (χ1) is 8.79. The molecule has 2 nitrogen and oxygen atoms in total. The lowest BCUT2D eigenvalue weighted by Crippen LogP contribution is -2.31. The molecule has 3 rings (SSSR count). The van der Waals surface area contributed by atoms with Crippen LogP contribution in [-0.4, -0.2) is 13.2 Å². The van der Waals surface area contributed by atoms with Crippen LogP contribution in [0.4, 0.5) is 11.4 Å². The van der Waals surface area contributed by atoms with Crippen molar-refractivity contribution in [2.75, 3.05) is 17.3 Å². The maximum absolute atomic E-state index is 3.64. The summed E-state index contributed by atoms with van der Waals surface area (Å²) >= 11 is 0. The van der Waals surface area contributed by atoms with Crippen molar-refractivity contribution in [1.82, 2.24) is 0 Å². The van der Waals surface area contributed by atoms with Crippen molar-refractivity contribution in [3.63, 3.8) is 0 Å². The average Bonchev–Trinajstić information content (AvgIpc) is 2.70. The second-order valence-corrected chi connectivity index (χ2v) is 5.13.